The Morgan fingerprint density at radius 1 is 1.50 bits per heavy atom. The van der Waals surface area contributed by atoms with Gasteiger partial charge in [0, 0.05) is 29.5 Å². The molecule has 0 spiro atoms. The molecular weight excluding hydrogens is 300 g/mol. The first kappa shape index (κ1) is 14.8. The summed E-state index contributed by atoms with van der Waals surface area (Å²) in [4.78, 5) is 16.8. The number of esters is 1. The molecule has 7 heteroatoms. The van der Waals surface area contributed by atoms with Crippen LogP contribution in [-0.2, 0) is 17.8 Å². The molecule has 6 nitrogen and oxygen atoms in total. The van der Waals surface area contributed by atoms with Crippen molar-refractivity contribution >= 4 is 27.5 Å². The Bertz CT molecular complexity index is 755. The van der Waals surface area contributed by atoms with Crippen LogP contribution in [0.1, 0.15) is 20.9 Å². The third kappa shape index (κ3) is 3.20. The average Bonchev–Trinajstić information content (AvgIpc) is 3.17. The van der Waals surface area contributed by atoms with E-state index in [0.717, 1.165) is 29.9 Å². The summed E-state index contributed by atoms with van der Waals surface area (Å²) < 4.78 is 6.64. The molecule has 0 saturated heterocycles. The minimum absolute atomic E-state index is 0.336. The molecule has 0 unspecified atom stereocenters. The first-order valence-electron chi connectivity index (χ1n) is 7.05. The molecule has 0 atom stereocenters. The van der Waals surface area contributed by atoms with Gasteiger partial charge in [0.2, 0.25) is 0 Å². The van der Waals surface area contributed by atoms with Gasteiger partial charge in [0.05, 0.1) is 19.9 Å². The van der Waals surface area contributed by atoms with E-state index in [9.17, 15) is 4.79 Å². The van der Waals surface area contributed by atoms with Crippen LogP contribution in [0.15, 0.2) is 24.5 Å². The molecule has 0 bridgehead atoms. The van der Waals surface area contributed by atoms with E-state index in [2.05, 4.69) is 21.5 Å². The van der Waals surface area contributed by atoms with E-state index in [1.54, 1.807) is 11.3 Å². The molecule has 0 fully saturated rings. The van der Waals surface area contributed by atoms with Crippen LogP contribution in [0, 0.1) is 6.92 Å². The van der Waals surface area contributed by atoms with Crippen molar-refractivity contribution < 1.29 is 9.53 Å². The minimum atomic E-state index is -0.336. The number of aromatic amines is 1. The Kier molecular flexibility index (Phi) is 4.26. The fourth-order valence-corrected chi connectivity index (χ4v) is 3.30. The second kappa shape index (κ2) is 6.33. The summed E-state index contributed by atoms with van der Waals surface area (Å²) in [6, 6.07) is 3.92. The van der Waals surface area contributed by atoms with Gasteiger partial charge in [-0.05, 0) is 24.6 Å². The molecule has 0 amide bonds. The highest BCUT2D eigenvalue weighted by molar-refractivity contribution is 7.18. The molecule has 3 rings (SSSR count). The highest BCUT2D eigenvalue weighted by Crippen LogP contribution is 2.26. The maximum atomic E-state index is 11.4. The van der Waals surface area contributed by atoms with E-state index >= 15 is 0 Å². The van der Waals surface area contributed by atoms with Crippen LogP contribution in [0.25, 0.3) is 10.2 Å². The van der Waals surface area contributed by atoms with Gasteiger partial charge in [-0.2, -0.15) is 5.10 Å². The third-order valence-electron chi connectivity index (χ3n) is 3.34. The summed E-state index contributed by atoms with van der Waals surface area (Å²) in [5.41, 5.74) is 1.67. The van der Waals surface area contributed by atoms with Crippen LogP contribution in [-0.4, -0.2) is 34.4 Å². The van der Waals surface area contributed by atoms with Crippen molar-refractivity contribution in [1.29, 1.82) is 0 Å². The van der Waals surface area contributed by atoms with Gasteiger partial charge in [0.25, 0.3) is 0 Å². The van der Waals surface area contributed by atoms with Crippen LogP contribution >= 0.6 is 11.3 Å². The van der Waals surface area contributed by atoms with Crippen LogP contribution in [0.5, 0.6) is 0 Å². The number of nitrogens with zero attached hydrogens (tertiary/aromatic N) is 2. The highest BCUT2D eigenvalue weighted by atomic mass is 32.1. The lowest BCUT2D eigenvalue weighted by molar-refractivity contribution is 0.0595. The summed E-state index contributed by atoms with van der Waals surface area (Å²) in [5.74, 6) is -0.336. The lowest BCUT2D eigenvalue weighted by atomic mass is 10.3. The molecular formula is C15H18N4O2S. The smallest absolute Gasteiger partial charge is 0.354 e. The summed E-state index contributed by atoms with van der Waals surface area (Å²) in [6.45, 7) is 4.55. The summed E-state index contributed by atoms with van der Waals surface area (Å²) in [5, 5.41) is 8.70. The summed E-state index contributed by atoms with van der Waals surface area (Å²) in [6.07, 6.45) is 3.89. The molecule has 0 aromatic carbocycles. The second-order valence-corrected chi connectivity index (χ2v) is 6.27. The van der Waals surface area contributed by atoms with Crippen molar-refractivity contribution in [3.05, 3.63) is 40.7 Å². The van der Waals surface area contributed by atoms with Gasteiger partial charge >= 0.3 is 5.97 Å². The van der Waals surface area contributed by atoms with E-state index in [1.165, 1.54) is 17.6 Å². The van der Waals surface area contributed by atoms with Gasteiger partial charge in [-0.25, -0.2) is 4.79 Å². The van der Waals surface area contributed by atoms with Crippen LogP contribution in [0.2, 0.25) is 0 Å². The number of aryl methyl sites for hydroxylation is 1. The standard InChI is InChI=1S/C15H18N4O2S/c1-10-7-17-19(9-10)4-3-16-8-12-5-11-6-13(15(20)21-2)18-14(11)22-12/h5-7,9,16,18H,3-4,8H2,1-2H3. The topological polar surface area (TPSA) is 71.9 Å². The number of carbonyl (C=O) groups is 1. The van der Waals surface area contributed by atoms with E-state index in [4.69, 9.17) is 4.74 Å². The number of hydrogen-bond donors (Lipinski definition) is 2. The molecule has 0 saturated carbocycles. The first-order chi connectivity index (χ1) is 10.7. The Labute approximate surface area is 132 Å². The molecule has 0 aliphatic heterocycles. The first-order valence-corrected chi connectivity index (χ1v) is 7.87. The SMILES string of the molecule is COC(=O)c1cc2cc(CNCCn3cc(C)cn3)sc2[nH]1. The number of ether oxygens (including phenoxy) is 1. The van der Waals surface area contributed by atoms with Crippen LogP contribution < -0.4 is 5.32 Å². The molecule has 0 aliphatic rings. The number of fused-ring (bicyclic) bond motifs is 1. The Hall–Kier alpha value is -2.12. The fraction of sp³-hybridized carbons (Fsp3) is 0.333. The molecule has 2 N–H and O–H groups in total. The van der Waals surface area contributed by atoms with Gasteiger partial charge in [0.15, 0.2) is 0 Å². The Morgan fingerprint density at radius 3 is 3.05 bits per heavy atom. The van der Waals surface area contributed by atoms with Gasteiger partial charge in [-0.1, -0.05) is 0 Å². The number of rotatable bonds is 6. The van der Waals surface area contributed by atoms with Gasteiger partial charge in [-0.15, -0.1) is 11.3 Å². The Balaban J connectivity index is 1.53. The number of nitrogens with one attached hydrogen (secondary N) is 2. The molecule has 116 valence electrons. The maximum absolute atomic E-state index is 11.4. The minimum Gasteiger partial charge on any atom is -0.464 e. The number of H-pyrrole nitrogens is 1. The zero-order valence-corrected chi connectivity index (χ0v) is 13.4. The third-order valence-corrected chi connectivity index (χ3v) is 4.41. The van der Waals surface area contributed by atoms with Crippen LogP contribution in [0.3, 0.4) is 0 Å². The molecule has 3 aromatic heterocycles. The van der Waals surface area contributed by atoms with Gasteiger partial charge < -0.3 is 15.0 Å². The summed E-state index contributed by atoms with van der Waals surface area (Å²) in [7, 11) is 1.38. The van der Waals surface area contributed by atoms with Crippen molar-refractivity contribution in [3.63, 3.8) is 0 Å². The molecule has 0 aliphatic carbocycles. The zero-order chi connectivity index (χ0) is 15.5. The van der Waals surface area contributed by atoms with E-state index < -0.39 is 0 Å². The molecule has 22 heavy (non-hydrogen) atoms. The molecule has 0 radical (unpaired) electrons. The number of methoxy groups -OCH3 is 1. The van der Waals surface area contributed by atoms with Crippen molar-refractivity contribution in [2.45, 2.75) is 20.0 Å². The van der Waals surface area contributed by atoms with Crippen LogP contribution in [0.4, 0.5) is 0 Å². The number of hydrogen-bond acceptors (Lipinski definition) is 5. The maximum Gasteiger partial charge on any atom is 0.354 e. The predicted octanol–water partition coefficient (Wildman–Crippen LogP) is 2.31. The lowest BCUT2D eigenvalue weighted by Crippen LogP contribution is -2.19. The van der Waals surface area contributed by atoms with Crippen molar-refractivity contribution in [2.75, 3.05) is 13.7 Å². The highest BCUT2D eigenvalue weighted by Gasteiger charge is 2.11. The number of thiophene rings is 1. The molecule has 3 heterocycles. The van der Waals surface area contributed by atoms with Gasteiger partial charge in [0.1, 0.15) is 10.5 Å². The fourth-order valence-electron chi connectivity index (χ4n) is 2.28. The zero-order valence-electron chi connectivity index (χ0n) is 12.5. The number of aromatic nitrogens is 3. The largest absolute Gasteiger partial charge is 0.464 e. The molecule has 3 aromatic rings. The summed E-state index contributed by atoms with van der Waals surface area (Å²) >= 11 is 1.65. The van der Waals surface area contributed by atoms with Crippen molar-refractivity contribution in [2.24, 2.45) is 0 Å². The monoisotopic (exact) mass is 318 g/mol. The average molecular weight is 318 g/mol. The van der Waals surface area contributed by atoms with E-state index in [1.807, 2.05) is 30.1 Å². The number of carbonyl (C=O) groups excluding carboxylic acids is 1. The van der Waals surface area contributed by atoms with Crippen molar-refractivity contribution in [1.82, 2.24) is 20.1 Å². The van der Waals surface area contributed by atoms with E-state index in [-0.39, 0.29) is 5.97 Å². The predicted molar refractivity (Wildman–Crippen MR) is 86.2 cm³/mol. The lowest BCUT2D eigenvalue weighted by Gasteiger charge is -2.03. The Morgan fingerprint density at radius 2 is 2.36 bits per heavy atom. The van der Waals surface area contributed by atoms with Crippen molar-refractivity contribution in [3.8, 4) is 0 Å². The van der Waals surface area contributed by atoms with Gasteiger partial charge in [-0.3, -0.25) is 4.68 Å². The second-order valence-electron chi connectivity index (χ2n) is 5.13. The van der Waals surface area contributed by atoms with E-state index in [0.29, 0.717) is 5.69 Å². The normalized spacial score (nSPS) is 11.2. The quantitative estimate of drug-likeness (QED) is 0.540.